The highest BCUT2D eigenvalue weighted by atomic mass is 19.1. The first-order valence-corrected chi connectivity index (χ1v) is 7.91. The number of fused-ring (bicyclic) bond motifs is 1. The van der Waals surface area contributed by atoms with Crippen LogP contribution < -0.4 is 4.74 Å². The molecule has 25 heavy (non-hydrogen) atoms. The molecule has 1 aliphatic heterocycles. The van der Waals surface area contributed by atoms with Crippen molar-refractivity contribution in [1.29, 1.82) is 0 Å². The first kappa shape index (κ1) is 17.0. The monoisotopic (exact) mass is 343 g/mol. The molecule has 0 aliphatic carbocycles. The normalized spacial score (nSPS) is 16.2. The molecule has 0 aromatic heterocycles. The summed E-state index contributed by atoms with van der Waals surface area (Å²) in [5, 5.41) is 9.52. The number of ether oxygens (including phenoxy) is 1. The van der Waals surface area contributed by atoms with Gasteiger partial charge in [0.05, 0.1) is 13.5 Å². The highest BCUT2D eigenvalue weighted by molar-refractivity contribution is 5.86. The van der Waals surface area contributed by atoms with E-state index in [1.165, 1.54) is 30.2 Å². The minimum absolute atomic E-state index is 0.118. The number of carbonyl (C=O) groups excluding carboxylic acids is 1. The van der Waals surface area contributed by atoms with Crippen LogP contribution in [0.15, 0.2) is 42.5 Å². The zero-order valence-electron chi connectivity index (χ0n) is 13.7. The number of halogens is 1. The predicted octanol–water partition coefficient (Wildman–Crippen LogP) is 2.41. The van der Waals surface area contributed by atoms with Crippen LogP contribution in [0.5, 0.6) is 5.75 Å². The van der Waals surface area contributed by atoms with Crippen molar-refractivity contribution >= 4 is 11.9 Å². The Labute approximate surface area is 144 Å². The number of carboxylic acids is 1. The topological polar surface area (TPSA) is 66.8 Å². The number of nitrogens with zero attached hydrogens (tertiary/aromatic N) is 1. The highest BCUT2D eigenvalue weighted by Gasteiger charge is 2.34. The van der Waals surface area contributed by atoms with Crippen molar-refractivity contribution in [2.45, 2.75) is 25.4 Å². The molecule has 0 fully saturated rings. The molecule has 0 saturated heterocycles. The summed E-state index contributed by atoms with van der Waals surface area (Å²) in [5.41, 5.74) is 2.26. The van der Waals surface area contributed by atoms with Gasteiger partial charge in [-0.15, -0.1) is 0 Å². The Morgan fingerprint density at radius 1 is 1.24 bits per heavy atom. The van der Waals surface area contributed by atoms with Crippen LogP contribution in [0.1, 0.15) is 16.7 Å². The molecule has 5 nitrogen and oxygen atoms in total. The van der Waals surface area contributed by atoms with Crippen molar-refractivity contribution in [1.82, 2.24) is 4.90 Å². The Morgan fingerprint density at radius 2 is 1.96 bits per heavy atom. The predicted molar refractivity (Wildman–Crippen MR) is 88.8 cm³/mol. The maximum absolute atomic E-state index is 13.5. The van der Waals surface area contributed by atoms with E-state index in [1.54, 1.807) is 0 Å². The lowest BCUT2D eigenvalue weighted by Gasteiger charge is -2.34. The number of benzene rings is 2. The van der Waals surface area contributed by atoms with E-state index in [0.717, 1.165) is 11.1 Å². The van der Waals surface area contributed by atoms with E-state index in [2.05, 4.69) is 0 Å². The molecule has 2 aromatic carbocycles. The summed E-state index contributed by atoms with van der Waals surface area (Å²) in [6.45, 7) is 0.226. The Hall–Kier alpha value is -2.89. The van der Waals surface area contributed by atoms with E-state index in [-0.39, 0.29) is 25.3 Å². The van der Waals surface area contributed by atoms with Gasteiger partial charge in [0.2, 0.25) is 5.91 Å². The summed E-state index contributed by atoms with van der Waals surface area (Å²) in [6.07, 6.45) is 0.143. The fraction of sp³-hybridized carbons (Fsp3) is 0.263. The molecule has 1 heterocycles. The first-order chi connectivity index (χ1) is 12.0. The van der Waals surface area contributed by atoms with Crippen LogP contribution in [-0.4, -0.2) is 35.0 Å². The van der Waals surface area contributed by atoms with Crippen molar-refractivity contribution in [3.63, 3.8) is 0 Å². The molecule has 0 radical (unpaired) electrons. The summed E-state index contributed by atoms with van der Waals surface area (Å²) in [4.78, 5) is 25.7. The summed E-state index contributed by atoms with van der Waals surface area (Å²) in [7, 11) is 1.44. The van der Waals surface area contributed by atoms with Crippen LogP contribution in [0.25, 0.3) is 0 Å². The third kappa shape index (κ3) is 3.47. The molecule has 1 aliphatic rings. The average molecular weight is 343 g/mol. The average Bonchev–Trinajstić information content (AvgIpc) is 2.60. The van der Waals surface area contributed by atoms with Gasteiger partial charge in [-0.05, 0) is 29.3 Å². The Kier molecular flexibility index (Phi) is 4.70. The van der Waals surface area contributed by atoms with Crippen molar-refractivity contribution in [3.8, 4) is 5.75 Å². The van der Waals surface area contributed by atoms with Crippen molar-refractivity contribution in [3.05, 3.63) is 65.0 Å². The Bertz CT molecular complexity index is 821. The molecule has 0 spiro atoms. The molecule has 130 valence electrons. The minimum Gasteiger partial charge on any atom is -0.496 e. The van der Waals surface area contributed by atoms with Crippen LogP contribution in [0.2, 0.25) is 0 Å². The fourth-order valence-corrected chi connectivity index (χ4v) is 3.16. The molecule has 1 unspecified atom stereocenters. The summed E-state index contributed by atoms with van der Waals surface area (Å²) < 4.78 is 18.7. The largest absolute Gasteiger partial charge is 0.496 e. The minimum atomic E-state index is -1.05. The first-order valence-electron chi connectivity index (χ1n) is 7.91. The van der Waals surface area contributed by atoms with Gasteiger partial charge in [0.25, 0.3) is 0 Å². The number of amides is 1. The number of methoxy groups -OCH3 is 1. The van der Waals surface area contributed by atoms with Gasteiger partial charge in [-0.2, -0.15) is 0 Å². The van der Waals surface area contributed by atoms with Gasteiger partial charge in [-0.3, -0.25) is 4.79 Å². The fourth-order valence-electron chi connectivity index (χ4n) is 3.16. The van der Waals surface area contributed by atoms with Crippen LogP contribution in [0.3, 0.4) is 0 Å². The molecule has 0 bridgehead atoms. The van der Waals surface area contributed by atoms with Gasteiger partial charge >= 0.3 is 5.97 Å². The van der Waals surface area contributed by atoms with Crippen LogP contribution in [0, 0.1) is 5.82 Å². The molecular weight excluding hydrogens is 325 g/mol. The zero-order chi connectivity index (χ0) is 18.0. The van der Waals surface area contributed by atoms with E-state index >= 15 is 0 Å². The summed E-state index contributed by atoms with van der Waals surface area (Å²) >= 11 is 0. The Balaban J connectivity index is 1.88. The number of rotatable bonds is 4. The highest BCUT2D eigenvalue weighted by Crippen LogP contribution is 2.26. The van der Waals surface area contributed by atoms with Crippen LogP contribution in [0.4, 0.5) is 4.39 Å². The number of carboxylic acid groups (broad SMARTS) is 1. The molecular formula is C19H18FNO4. The van der Waals surface area contributed by atoms with Gasteiger partial charge in [0.15, 0.2) is 0 Å². The van der Waals surface area contributed by atoms with Gasteiger partial charge in [-0.25, -0.2) is 9.18 Å². The Morgan fingerprint density at radius 3 is 2.64 bits per heavy atom. The lowest BCUT2D eigenvalue weighted by molar-refractivity contribution is -0.151. The van der Waals surface area contributed by atoms with Crippen LogP contribution in [-0.2, 0) is 29.0 Å². The van der Waals surface area contributed by atoms with E-state index in [4.69, 9.17) is 4.74 Å². The van der Waals surface area contributed by atoms with E-state index < -0.39 is 17.8 Å². The number of hydrogen-bond acceptors (Lipinski definition) is 3. The van der Waals surface area contributed by atoms with Crippen molar-refractivity contribution in [2.24, 2.45) is 0 Å². The van der Waals surface area contributed by atoms with E-state index in [0.29, 0.717) is 11.3 Å². The molecule has 1 amide bonds. The molecule has 2 aromatic rings. The van der Waals surface area contributed by atoms with E-state index in [9.17, 15) is 19.1 Å². The zero-order valence-corrected chi connectivity index (χ0v) is 13.7. The second kappa shape index (κ2) is 6.93. The molecule has 3 rings (SSSR count). The third-order valence-electron chi connectivity index (χ3n) is 4.44. The SMILES string of the molecule is COc1ccc(F)cc1CC(=O)N1Cc2ccccc2CC1C(=O)O. The number of hydrogen-bond donors (Lipinski definition) is 1. The summed E-state index contributed by atoms with van der Waals surface area (Å²) in [6, 6.07) is 10.5. The van der Waals surface area contributed by atoms with Crippen molar-refractivity contribution < 1.29 is 23.8 Å². The van der Waals surface area contributed by atoms with Crippen molar-refractivity contribution in [2.75, 3.05) is 7.11 Å². The second-order valence-electron chi connectivity index (χ2n) is 5.98. The lowest BCUT2D eigenvalue weighted by Crippen LogP contribution is -2.49. The molecule has 6 heteroatoms. The maximum atomic E-state index is 13.5. The molecule has 1 atom stereocenters. The lowest BCUT2D eigenvalue weighted by atomic mass is 9.93. The molecule has 0 saturated carbocycles. The number of carbonyl (C=O) groups is 2. The summed E-state index contributed by atoms with van der Waals surface area (Å²) in [5.74, 6) is -1.48. The van der Waals surface area contributed by atoms with Crippen LogP contribution >= 0.6 is 0 Å². The smallest absolute Gasteiger partial charge is 0.326 e. The second-order valence-corrected chi connectivity index (χ2v) is 5.98. The van der Waals surface area contributed by atoms with Gasteiger partial charge in [0, 0.05) is 18.5 Å². The molecule has 1 N–H and O–H groups in total. The maximum Gasteiger partial charge on any atom is 0.326 e. The van der Waals surface area contributed by atoms with Gasteiger partial charge in [0.1, 0.15) is 17.6 Å². The van der Waals surface area contributed by atoms with Gasteiger partial charge in [-0.1, -0.05) is 24.3 Å². The standard InChI is InChI=1S/C19H18FNO4/c1-25-17-7-6-15(20)8-14(17)10-18(22)21-11-13-5-3-2-4-12(13)9-16(21)19(23)24/h2-8,16H,9-11H2,1H3,(H,23,24). The van der Waals surface area contributed by atoms with Gasteiger partial charge < -0.3 is 14.7 Å². The quantitative estimate of drug-likeness (QED) is 0.926. The third-order valence-corrected chi connectivity index (χ3v) is 4.44. The van der Waals surface area contributed by atoms with E-state index in [1.807, 2.05) is 24.3 Å². The number of aliphatic carboxylic acids is 1.